The number of hydrogen-bond acceptors (Lipinski definition) is 6. The lowest BCUT2D eigenvalue weighted by atomic mass is 10.1. The third-order valence-corrected chi connectivity index (χ3v) is 2.13. The highest BCUT2D eigenvalue weighted by atomic mass is 16.8. The molecule has 90 valence electrons. The number of anilines is 1. The molecule has 0 atom stereocenters. The van der Waals surface area contributed by atoms with Gasteiger partial charge in [0.15, 0.2) is 0 Å². The molecule has 0 saturated carbocycles. The minimum Gasteiger partial charge on any atom is -0.393 e. The van der Waals surface area contributed by atoms with Gasteiger partial charge in [-0.2, -0.15) is 5.48 Å². The Morgan fingerprint density at radius 2 is 2.41 bits per heavy atom. The van der Waals surface area contributed by atoms with E-state index in [9.17, 15) is 0 Å². The van der Waals surface area contributed by atoms with E-state index >= 15 is 0 Å². The molecule has 0 radical (unpaired) electrons. The van der Waals surface area contributed by atoms with E-state index in [2.05, 4.69) is 15.8 Å². The molecule has 0 spiro atoms. The number of ether oxygens (including phenoxy) is 1. The van der Waals surface area contributed by atoms with Crippen LogP contribution in [0, 0.1) is 0 Å². The minimum absolute atomic E-state index is 0.439. The molecule has 0 amide bonds. The molecule has 0 aliphatic carbocycles. The Morgan fingerprint density at radius 3 is 3.29 bits per heavy atom. The normalized spacial score (nSPS) is 13.0. The summed E-state index contributed by atoms with van der Waals surface area (Å²) in [6.45, 7) is 0.963. The molecule has 1 aromatic carbocycles. The Labute approximate surface area is 98.8 Å². The second kappa shape index (κ2) is 5.86. The van der Waals surface area contributed by atoms with Gasteiger partial charge in [0.25, 0.3) is 0 Å². The summed E-state index contributed by atoms with van der Waals surface area (Å²) in [5, 5.41) is 7.48. The maximum Gasteiger partial charge on any atom is 0.140 e. The van der Waals surface area contributed by atoms with Gasteiger partial charge in [-0.05, 0) is 17.7 Å². The number of fused-ring (bicyclic) bond motifs is 1. The van der Waals surface area contributed by atoms with Crippen LogP contribution in [0.3, 0.4) is 0 Å². The Hall–Kier alpha value is -2.08. The number of rotatable bonds is 5. The second-order valence-electron chi connectivity index (χ2n) is 3.34. The fourth-order valence-corrected chi connectivity index (χ4v) is 1.29. The van der Waals surface area contributed by atoms with Gasteiger partial charge >= 0.3 is 0 Å². The molecule has 17 heavy (non-hydrogen) atoms. The van der Waals surface area contributed by atoms with Crippen molar-refractivity contribution in [1.82, 2.24) is 0 Å². The number of oxime groups is 2. The van der Waals surface area contributed by atoms with Crippen molar-refractivity contribution in [3.63, 3.8) is 0 Å². The van der Waals surface area contributed by atoms with Gasteiger partial charge in [0, 0.05) is 12.7 Å². The van der Waals surface area contributed by atoms with E-state index in [4.69, 9.17) is 14.5 Å². The first-order chi connectivity index (χ1) is 8.40. The van der Waals surface area contributed by atoms with Crippen molar-refractivity contribution in [2.45, 2.75) is 0 Å². The lowest BCUT2D eigenvalue weighted by molar-refractivity contribution is 0.0760. The smallest absolute Gasteiger partial charge is 0.140 e. The molecular weight excluding hydrogens is 222 g/mol. The third-order valence-electron chi connectivity index (χ3n) is 2.13. The van der Waals surface area contributed by atoms with Crippen LogP contribution in [0.5, 0.6) is 0 Å². The van der Waals surface area contributed by atoms with E-state index in [1.807, 2.05) is 18.2 Å². The van der Waals surface area contributed by atoms with Crippen LogP contribution in [0.1, 0.15) is 11.1 Å². The summed E-state index contributed by atoms with van der Waals surface area (Å²) in [4.78, 5) is 9.70. The van der Waals surface area contributed by atoms with Gasteiger partial charge in [-0.3, -0.25) is 4.94 Å². The van der Waals surface area contributed by atoms with Crippen LogP contribution in [-0.2, 0) is 14.5 Å². The van der Waals surface area contributed by atoms with Crippen molar-refractivity contribution in [2.75, 3.05) is 25.8 Å². The van der Waals surface area contributed by atoms with E-state index in [1.165, 1.54) is 0 Å². The fourth-order valence-electron chi connectivity index (χ4n) is 1.29. The molecular formula is C11H13N3O3. The van der Waals surface area contributed by atoms with Gasteiger partial charge in [0.2, 0.25) is 0 Å². The largest absolute Gasteiger partial charge is 0.393 e. The number of nitrogens with zero attached hydrogens (tertiary/aromatic N) is 2. The Kier molecular flexibility index (Phi) is 3.93. The average Bonchev–Trinajstić information content (AvgIpc) is 2.38. The summed E-state index contributed by atoms with van der Waals surface area (Å²) in [5.74, 6) is 0. The molecule has 6 heteroatoms. The van der Waals surface area contributed by atoms with E-state index < -0.39 is 0 Å². The molecule has 0 saturated heterocycles. The Morgan fingerprint density at radius 1 is 1.47 bits per heavy atom. The third kappa shape index (κ3) is 3.18. The highest BCUT2D eigenvalue weighted by Crippen LogP contribution is 2.17. The van der Waals surface area contributed by atoms with Crippen LogP contribution < -0.4 is 5.48 Å². The zero-order valence-corrected chi connectivity index (χ0v) is 9.42. The van der Waals surface area contributed by atoms with Crippen LogP contribution in [0.15, 0.2) is 28.5 Å². The van der Waals surface area contributed by atoms with Crippen LogP contribution in [0.4, 0.5) is 5.69 Å². The monoisotopic (exact) mass is 235 g/mol. The molecule has 1 N–H and O–H groups in total. The van der Waals surface area contributed by atoms with Crippen LogP contribution >= 0.6 is 0 Å². The van der Waals surface area contributed by atoms with Crippen molar-refractivity contribution in [1.29, 1.82) is 0 Å². The quantitative estimate of drug-likeness (QED) is 0.475. The SMILES string of the molecule is COCCO/N=C/c1ccc2c(c1)C=NON2. The maximum atomic E-state index is 4.99. The van der Waals surface area contributed by atoms with Gasteiger partial charge in [-0.25, -0.2) is 0 Å². The summed E-state index contributed by atoms with van der Waals surface area (Å²) in [5.41, 5.74) is 5.43. The molecule has 0 unspecified atom stereocenters. The number of hydrogen-bond donors (Lipinski definition) is 1. The van der Waals surface area contributed by atoms with Crippen LogP contribution in [0.25, 0.3) is 0 Å². The zero-order chi connectivity index (χ0) is 11.9. The lowest BCUT2D eigenvalue weighted by Gasteiger charge is -2.10. The van der Waals surface area contributed by atoms with Crippen LogP contribution in [-0.4, -0.2) is 32.8 Å². The predicted octanol–water partition coefficient (Wildman–Crippen LogP) is 1.37. The van der Waals surface area contributed by atoms with Crippen molar-refractivity contribution in [2.24, 2.45) is 10.3 Å². The summed E-state index contributed by atoms with van der Waals surface area (Å²) in [7, 11) is 1.62. The Bertz CT molecular complexity index is 432. The van der Waals surface area contributed by atoms with Crippen molar-refractivity contribution in [3.8, 4) is 0 Å². The van der Waals surface area contributed by atoms with Crippen molar-refractivity contribution < 1.29 is 14.5 Å². The summed E-state index contributed by atoms with van der Waals surface area (Å²) in [6.07, 6.45) is 3.27. The molecule has 0 aromatic heterocycles. The molecule has 1 aliphatic rings. The van der Waals surface area contributed by atoms with E-state index in [1.54, 1.807) is 19.5 Å². The lowest BCUT2D eigenvalue weighted by Crippen LogP contribution is -2.05. The van der Waals surface area contributed by atoms with Gasteiger partial charge < -0.3 is 9.57 Å². The topological polar surface area (TPSA) is 64.4 Å². The number of methoxy groups -OCH3 is 1. The molecule has 1 aliphatic heterocycles. The van der Waals surface area contributed by atoms with Gasteiger partial charge in [0.1, 0.15) is 6.61 Å². The summed E-state index contributed by atoms with van der Waals surface area (Å²) < 4.78 is 4.83. The molecule has 0 fully saturated rings. The predicted molar refractivity (Wildman–Crippen MR) is 64.2 cm³/mol. The molecule has 1 aromatic rings. The number of nitrogens with one attached hydrogen (secondary N) is 1. The minimum atomic E-state index is 0.439. The number of benzene rings is 1. The second-order valence-corrected chi connectivity index (χ2v) is 3.34. The highest BCUT2D eigenvalue weighted by molar-refractivity contribution is 5.92. The molecule has 6 nitrogen and oxygen atoms in total. The average molecular weight is 235 g/mol. The van der Waals surface area contributed by atoms with E-state index in [-0.39, 0.29) is 0 Å². The first-order valence-corrected chi connectivity index (χ1v) is 5.14. The van der Waals surface area contributed by atoms with Crippen LogP contribution in [0.2, 0.25) is 0 Å². The van der Waals surface area contributed by atoms with Gasteiger partial charge in [-0.1, -0.05) is 16.4 Å². The van der Waals surface area contributed by atoms with Crippen molar-refractivity contribution >= 4 is 18.1 Å². The van der Waals surface area contributed by atoms with Gasteiger partial charge in [-0.15, -0.1) is 0 Å². The molecule has 1 heterocycles. The maximum absolute atomic E-state index is 4.99. The molecule has 0 bridgehead atoms. The van der Waals surface area contributed by atoms with Gasteiger partial charge in [0.05, 0.1) is 24.7 Å². The summed E-state index contributed by atoms with van der Waals surface area (Å²) >= 11 is 0. The first-order valence-electron chi connectivity index (χ1n) is 5.14. The first kappa shape index (κ1) is 11.4. The summed E-state index contributed by atoms with van der Waals surface area (Å²) in [6, 6.07) is 5.71. The van der Waals surface area contributed by atoms with E-state index in [0.29, 0.717) is 13.2 Å². The molecule has 2 rings (SSSR count). The zero-order valence-electron chi connectivity index (χ0n) is 9.42. The highest BCUT2D eigenvalue weighted by Gasteiger charge is 2.05. The Balaban J connectivity index is 1.96. The standard InChI is InChI=1S/C11H13N3O3/c1-15-4-5-16-12-7-9-2-3-11-10(6-9)8-13-17-14-11/h2-3,6-8,14H,4-5H2,1H3/b12-7+. The van der Waals surface area contributed by atoms with E-state index in [0.717, 1.165) is 16.8 Å². The van der Waals surface area contributed by atoms with Crippen molar-refractivity contribution in [3.05, 3.63) is 29.3 Å². The fraction of sp³-hybridized carbons (Fsp3) is 0.273.